The molecule has 8 nitrogen and oxygen atoms in total. The first kappa shape index (κ1) is 24.0. The monoisotopic (exact) mass is 492 g/mol. The molecule has 1 fully saturated rings. The van der Waals surface area contributed by atoms with Crippen molar-refractivity contribution >= 4 is 28.2 Å². The Kier molecular flexibility index (Phi) is 7.39. The zero-order valence-corrected chi connectivity index (χ0v) is 19.1. The largest absolute Gasteiger partial charge is 0.413 e. The van der Waals surface area contributed by atoms with Crippen molar-refractivity contribution in [3.8, 4) is 0 Å². The third-order valence-corrected chi connectivity index (χ3v) is 6.35. The van der Waals surface area contributed by atoms with Crippen molar-refractivity contribution in [3.63, 3.8) is 0 Å². The summed E-state index contributed by atoms with van der Waals surface area (Å²) in [6, 6.07) is 2.61. The highest BCUT2D eigenvalue weighted by Crippen LogP contribution is 2.37. The number of aromatic nitrogens is 3. The Labute approximate surface area is 198 Å². The molecule has 0 aliphatic carbocycles. The Morgan fingerprint density at radius 2 is 2.00 bits per heavy atom. The lowest BCUT2D eigenvalue weighted by atomic mass is 10.1. The summed E-state index contributed by atoms with van der Waals surface area (Å²) in [5.74, 6) is -0.346. The van der Waals surface area contributed by atoms with Crippen LogP contribution in [0.4, 0.5) is 24.1 Å². The molecule has 3 aromatic rings. The maximum Gasteiger partial charge on any atom is 0.413 e. The van der Waals surface area contributed by atoms with Crippen LogP contribution in [0.3, 0.4) is 0 Å². The summed E-state index contributed by atoms with van der Waals surface area (Å²) in [6.07, 6.45) is 0.716. The van der Waals surface area contributed by atoms with E-state index in [-0.39, 0.29) is 15.6 Å². The van der Waals surface area contributed by atoms with Gasteiger partial charge in [0.05, 0.1) is 23.7 Å². The number of alkyl halides is 3. The van der Waals surface area contributed by atoms with Crippen molar-refractivity contribution in [2.45, 2.75) is 25.7 Å². The second-order valence-corrected chi connectivity index (χ2v) is 8.78. The average molecular weight is 493 g/mol. The van der Waals surface area contributed by atoms with E-state index in [9.17, 15) is 18.0 Å². The smallest absolute Gasteiger partial charge is 0.379 e. The summed E-state index contributed by atoms with van der Waals surface area (Å²) >= 11 is 0.811. The second kappa shape index (κ2) is 10.5. The van der Waals surface area contributed by atoms with Crippen molar-refractivity contribution in [1.29, 1.82) is 0 Å². The van der Waals surface area contributed by atoms with Gasteiger partial charge in [-0.2, -0.15) is 13.2 Å². The van der Waals surface area contributed by atoms with Crippen molar-refractivity contribution in [2.75, 3.05) is 31.6 Å². The van der Waals surface area contributed by atoms with Crippen LogP contribution in [-0.4, -0.2) is 58.2 Å². The summed E-state index contributed by atoms with van der Waals surface area (Å²) < 4.78 is 46.7. The van der Waals surface area contributed by atoms with Gasteiger partial charge in [-0.15, -0.1) is 0 Å². The Morgan fingerprint density at radius 3 is 2.71 bits per heavy atom. The van der Waals surface area contributed by atoms with E-state index in [2.05, 4.69) is 25.2 Å². The van der Waals surface area contributed by atoms with E-state index in [1.54, 1.807) is 6.20 Å². The molecule has 1 saturated heterocycles. The van der Waals surface area contributed by atoms with Gasteiger partial charge in [0.2, 0.25) is 0 Å². The lowest BCUT2D eigenvalue weighted by Crippen LogP contribution is -2.37. The highest BCUT2D eigenvalue weighted by molar-refractivity contribution is 7.15. The number of amides is 1. The van der Waals surface area contributed by atoms with Gasteiger partial charge in [-0.3, -0.25) is 14.7 Å². The number of hydrogen-bond donors (Lipinski definition) is 2. The molecule has 1 amide bonds. The number of nitrogens with one attached hydrogen (secondary N) is 2. The fourth-order valence-electron chi connectivity index (χ4n) is 3.48. The van der Waals surface area contributed by atoms with Crippen LogP contribution < -0.4 is 10.6 Å². The SMILES string of the molecule is Cc1c(CN2CCOCC2)ccnc1Nc1ncc(C(NC(=O)c2cccnc2)C(F)(F)F)s1. The Bertz CT molecular complexity index is 1120. The van der Waals surface area contributed by atoms with Crippen LogP contribution >= 0.6 is 11.3 Å². The molecule has 0 spiro atoms. The molecule has 1 aliphatic heterocycles. The maximum absolute atomic E-state index is 13.8. The van der Waals surface area contributed by atoms with Gasteiger partial charge in [0.15, 0.2) is 11.2 Å². The van der Waals surface area contributed by atoms with E-state index in [4.69, 9.17) is 4.74 Å². The van der Waals surface area contributed by atoms with E-state index >= 15 is 0 Å². The Balaban J connectivity index is 1.49. The van der Waals surface area contributed by atoms with Crippen LogP contribution in [0.2, 0.25) is 0 Å². The van der Waals surface area contributed by atoms with Crippen LogP contribution in [0.1, 0.15) is 32.4 Å². The number of anilines is 2. The summed E-state index contributed by atoms with van der Waals surface area (Å²) in [5.41, 5.74) is 1.99. The quantitative estimate of drug-likeness (QED) is 0.518. The van der Waals surface area contributed by atoms with E-state index in [0.29, 0.717) is 19.0 Å². The molecule has 0 radical (unpaired) electrons. The number of rotatable bonds is 7. The Morgan fingerprint density at radius 1 is 1.21 bits per heavy atom. The lowest BCUT2D eigenvalue weighted by Gasteiger charge is -2.27. The predicted molar refractivity (Wildman–Crippen MR) is 121 cm³/mol. The molecule has 12 heteroatoms. The number of thiazole rings is 1. The summed E-state index contributed by atoms with van der Waals surface area (Å²) in [5, 5.41) is 5.31. The maximum atomic E-state index is 13.8. The number of carbonyl (C=O) groups is 1. The molecule has 180 valence electrons. The highest BCUT2D eigenvalue weighted by atomic mass is 32.1. The number of hydrogen-bond acceptors (Lipinski definition) is 8. The molecule has 3 aromatic heterocycles. The number of ether oxygens (including phenoxy) is 1. The van der Waals surface area contributed by atoms with E-state index < -0.39 is 18.1 Å². The standard InChI is InChI=1S/C22H23F3N6O2S/c1-14-16(13-31-7-9-33-10-8-31)4-6-27-19(14)30-21-28-12-17(34-21)18(22(23,24)25)29-20(32)15-3-2-5-26-11-15/h2-6,11-12,18H,7-10,13H2,1H3,(H,29,32)(H,27,28,30). The van der Waals surface area contributed by atoms with Crippen LogP contribution in [-0.2, 0) is 11.3 Å². The fourth-order valence-corrected chi connectivity index (χ4v) is 4.37. The van der Waals surface area contributed by atoms with Gasteiger partial charge in [-0.05, 0) is 36.2 Å². The first-order chi connectivity index (χ1) is 16.3. The zero-order valence-electron chi connectivity index (χ0n) is 18.3. The number of carbonyl (C=O) groups excluding carboxylic acids is 1. The van der Waals surface area contributed by atoms with Crippen LogP contribution in [0, 0.1) is 6.92 Å². The van der Waals surface area contributed by atoms with E-state index in [0.717, 1.165) is 48.3 Å². The van der Waals surface area contributed by atoms with Crippen molar-refractivity contribution in [3.05, 3.63) is 64.6 Å². The highest BCUT2D eigenvalue weighted by Gasteiger charge is 2.43. The first-order valence-electron chi connectivity index (χ1n) is 10.6. The minimum absolute atomic E-state index is 0.0384. The third kappa shape index (κ3) is 5.88. The van der Waals surface area contributed by atoms with Gasteiger partial charge < -0.3 is 15.4 Å². The zero-order chi connectivity index (χ0) is 24.1. The predicted octanol–water partition coefficient (Wildman–Crippen LogP) is 3.85. The molecule has 1 unspecified atom stereocenters. The first-order valence-corrected chi connectivity index (χ1v) is 11.4. The fraction of sp³-hybridized carbons (Fsp3) is 0.364. The van der Waals surface area contributed by atoms with Crippen LogP contribution in [0.15, 0.2) is 43.0 Å². The molecule has 0 aromatic carbocycles. The molecule has 2 N–H and O–H groups in total. The summed E-state index contributed by atoms with van der Waals surface area (Å²) in [7, 11) is 0. The molecule has 1 atom stereocenters. The van der Waals surface area contributed by atoms with Gasteiger partial charge in [0.25, 0.3) is 5.91 Å². The minimum atomic E-state index is -4.70. The second-order valence-electron chi connectivity index (χ2n) is 7.71. The van der Waals surface area contributed by atoms with Crippen molar-refractivity contribution in [2.24, 2.45) is 0 Å². The van der Waals surface area contributed by atoms with Gasteiger partial charge in [-0.25, -0.2) is 9.97 Å². The number of nitrogens with zero attached hydrogens (tertiary/aromatic N) is 4. The molecule has 34 heavy (non-hydrogen) atoms. The van der Waals surface area contributed by atoms with Gasteiger partial charge in [0.1, 0.15) is 5.82 Å². The number of halogens is 3. The molecule has 1 aliphatic rings. The lowest BCUT2D eigenvalue weighted by molar-refractivity contribution is -0.154. The van der Waals surface area contributed by atoms with Crippen LogP contribution in [0.25, 0.3) is 0 Å². The molecule has 0 saturated carbocycles. The molecule has 4 heterocycles. The van der Waals surface area contributed by atoms with Crippen molar-refractivity contribution in [1.82, 2.24) is 25.2 Å². The normalized spacial score (nSPS) is 15.6. The van der Waals surface area contributed by atoms with Crippen LogP contribution in [0.5, 0.6) is 0 Å². The molecule has 0 bridgehead atoms. The number of pyridine rings is 2. The number of morpholine rings is 1. The Hall–Kier alpha value is -3.09. The van der Waals surface area contributed by atoms with Gasteiger partial charge >= 0.3 is 6.18 Å². The topological polar surface area (TPSA) is 92.3 Å². The van der Waals surface area contributed by atoms with Gasteiger partial charge in [0, 0.05) is 44.4 Å². The van der Waals surface area contributed by atoms with Gasteiger partial charge in [-0.1, -0.05) is 11.3 Å². The molecular formula is C22H23F3N6O2S. The van der Waals surface area contributed by atoms with Crippen molar-refractivity contribution < 1.29 is 22.7 Å². The third-order valence-electron chi connectivity index (χ3n) is 5.37. The van der Waals surface area contributed by atoms with E-state index in [1.165, 1.54) is 24.5 Å². The minimum Gasteiger partial charge on any atom is -0.379 e. The molecular weight excluding hydrogens is 469 g/mol. The molecule has 4 rings (SSSR count). The average Bonchev–Trinajstić information content (AvgIpc) is 3.28. The summed E-state index contributed by atoms with van der Waals surface area (Å²) in [6.45, 7) is 5.69. The summed E-state index contributed by atoms with van der Waals surface area (Å²) in [4.78, 5) is 26.6. The van der Waals surface area contributed by atoms with E-state index in [1.807, 2.05) is 18.3 Å².